The molecule has 1 aliphatic heterocycles. The predicted octanol–water partition coefficient (Wildman–Crippen LogP) is 0.989. The molecule has 13 heavy (non-hydrogen) atoms. The van der Waals surface area contributed by atoms with Crippen molar-refractivity contribution in [3.63, 3.8) is 0 Å². The van der Waals surface area contributed by atoms with Crippen molar-refractivity contribution in [1.29, 1.82) is 0 Å². The van der Waals surface area contributed by atoms with Gasteiger partial charge >= 0.3 is 15.6 Å². The largest absolute Gasteiger partial charge is 0.523 e. The zero-order valence-electron chi connectivity index (χ0n) is 6.37. The van der Waals surface area contributed by atoms with E-state index in [1.807, 2.05) is 0 Å². The van der Waals surface area contributed by atoms with Crippen molar-refractivity contribution in [2.45, 2.75) is 24.6 Å². The van der Waals surface area contributed by atoms with E-state index in [9.17, 15) is 21.6 Å². The lowest BCUT2D eigenvalue weighted by atomic mass is 10.4. The Bertz CT molecular complexity index is 264. The van der Waals surface area contributed by atoms with Crippen LogP contribution in [0.4, 0.5) is 13.2 Å². The summed E-state index contributed by atoms with van der Waals surface area (Å²) in [5.41, 5.74) is -5.38. The number of halogens is 3. The highest BCUT2D eigenvalue weighted by Crippen LogP contribution is 2.27. The van der Waals surface area contributed by atoms with Crippen LogP contribution in [0.1, 0.15) is 12.8 Å². The maximum atomic E-state index is 11.7. The van der Waals surface area contributed by atoms with Crippen molar-refractivity contribution in [1.82, 2.24) is 0 Å². The Labute approximate surface area is 72.8 Å². The molecule has 0 aliphatic carbocycles. The maximum absolute atomic E-state index is 11.7. The number of alkyl halides is 3. The summed E-state index contributed by atoms with van der Waals surface area (Å²) in [7, 11) is -5.51. The van der Waals surface area contributed by atoms with Crippen LogP contribution in [0.5, 0.6) is 0 Å². The van der Waals surface area contributed by atoms with Gasteiger partial charge in [-0.3, -0.25) is 0 Å². The normalized spacial score (nSPS) is 25.0. The van der Waals surface area contributed by atoms with Crippen LogP contribution in [0, 0.1) is 0 Å². The lowest BCUT2D eigenvalue weighted by Crippen LogP contribution is -2.29. The second kappa shape index (κ2) is 3.43. The second-order valence-electron chi connectivity index (χ2n) is 2.44. The third kappa shape index (κ3) is 2.55. The van der Waals surface area contributed by atoms with E-state index in [0.29, 0.717) is 6.42 Å². The zero-order chi connectivity index (χ0) is 10.1. The van der Waals surface area contributed by atoms with Crippen LogP contribution in [0.2, 0.25) is 0 Å². The van der Waals surface area contributed by atoms with Crippen LogP contribution in [-0.2, 0) is 19.0 Å². The minimum absolute atomic E-state index is 0.162. The van der Waals surface area contributed by atoms with Crippen LogP contribution in [0.25, 0.3) is 0 Å². The highest BCUT2D eigenvalue weighted by Gasteiger charge is 2.49. The van der Waals surface area contributed by atoms with Gasteiger partial charge in [-0.1, -0.05) is 0 Å². The van der Waals surface area contributed by atoms with Crippen molar-refractivity contribution in [2.24, 2.45) is 0 Å². The fourth-order valence-electron chi connectivity index (χ4n) is 0.820. The molecule has 0 N–H and O–H groups in total. The van der Waals surface area contributed by atoms with Crippen LogP contribution < -0.4 is 0 Å². The van der Waals surface area contributed by atoms with Gasteiger partial charge in [0.2, 0.25) is 0 Å². The minimum atomic E-state index is -5.51. The van der Waals surface area contributed by atoms with Gasteiger partial charge in [0, 0.05) is 13.0 Å². The molecule has 0 saturated carbocycles. The Morgan fingerprint density at radius 3 is 2.38 bits per heavy atom. The third-order valence-electron chi connectivity index (χ3n) is 1.41. The Balaban J connectivity index is 2.62. The summed E-state index contributed by atoms with van der Waals surface area (Å²) in [6.07, 6.45) is -0.625. The van der Waals surface area contributed by atoms with Gasteiger partial charge in [0.05, 0.1) is 0 Å². The fourth-order valence-corrected chi connectivity index (χ4v) is 1.36. The molecule has 4 nitrogen and oxygen atoms in total. The molecular formula is C5H7F3O4S. The predicted molar refractivity (Wildman–Crippen MR) is 35.0 cm³/mol. The first-order valence-corrected chi connectivity index (χ1v) is 4.85. The van der Waals surface area contributed by atoms with Gasteiger partial charge < -0.3 is 4.74 Å². The average Bonchev–Trinajstić information content (AvgIpc) is 2.35. The summed E-state index contributed by atoms with van der Waals surface area (Å²) in [5.74, 6) is 0. The van der Waals surface area contributed by atoms with Gasteiger partial charge in [-0.2, -0.15) is 21.6 Å². The Morgan fingerprint density at radius 2 is 2.00 bits per heavy atom. The molecule has 1 rings (SSSR count). The Hall–Kier alpha value is -0.340. The molecule has 8 heteroatoms. The molecule has 1 saturated heterocycles. The van der Waals surface area contributed by atoms with Gasteiger partial charge in [-0.05, 0) is 6.42 Å². The molecule has 1 unspecified atom stereocenters. The summed E-state index contributed by atoms with van der Waals surface area (Å²) in [6, 6.07) is 0. The minimum Gasteiger partial charge on any atom is -0.351 e. The van der Waals surface area contributed by atoms with E-state index in [1.54, 1.807) is 0 Å². The van der Waals surface area contributed by atoms with Gasteiger partial charge in [-0.25, -0.2) is 4.18 Å². The van der Waals surface area contributed by atoms with Crippen molar-refractivity contribution in [2.75, 3.05) is 6.61 Å². The molecule has 0 spiro atoms. The Morgan fingerprint density at radius 1 is 1.38 bits per heavy atom. The number of ether oxygens (including phenoxy) is 1. The first-order chi connectivity index (χ1) is 5.83. The van der Waals surface area contributed by atoms with E-state index in [1.165, 1.54) is 0 Å². The first kappa shape index (κ1) is 10.7. The first-order valence-electron chi connectivity index (χ1n) is 3.44. The standard InChI is InChI=1S/C5H7F3O4S/c6-5(7,8)13(9,10)12-4-2-1-3-11-4/h4H,1-3H2. The van der Waals surface area contributed by atoms with Crippen LogP contribution >= 0.6 is 0 Å². The number of rotatable bonds is 2. The van der Waals surface area contributed by atoms with E-state index in [2.05, 4.69) is 8.92 Å². The average molecular weight is 220 g/mol. The van der Waals surface area contributed by atoms with Gasteiger partial charge in [0.1, 0.15) is 0 Å². The van der Waals surface area contributed by atoms with Crippen molar-refractivity contribution in [3.05, 3.63) is 0 Å². The lowest BCUT2D eigenvalue weighted by Gasteiger charge is -2.12. The number of hydrogen-bond acceptors (Lipinski definition) is 4. The number of hydrogen-bond donors (Lipinski definition) is 0. The molecule has 1 atom stereocenters. The van der Waals surface area contributed by atoms with Gasteiger partial charge in [0.15, 0.2) is 6.29 Å². The monoisotopic (exact) mass is 220 g/mol. The molecule has 0 aromatic rings. The van der Waals surface area contributed by atoms with Crippen LogP contribution in [-0.4, -0.2) is 26.8 Å². The molecule has 1 fully saturated rings. The van der Waals surface area contributed by atoms with Gasteiger partial charge in [-0.15, -0.1) is 0 Å². The smallest absolute Gasteiger partial charge is 0.351 e. The van der Waals surface area contributed by atoms with Crippen LogP contribution in [0.3, 0.4) is 0 Å². The molecule has 1 aliphatic rings. The molecule has 0 radical (unpaired) electrons. The van der Waals surface area contributed by atoms with Crippen molar-refractivity contribution < 1.29 is 30.5 Å². The topological polar surface area (TPSA) is 52.6 Å². The SMILES string of the molecule is O=S(=O)(OC1CCCO1)C(F)(F)F. The molecule has 0 amide bonds. The van der Waals surface area contributed by atoms with E-state index in [-0.39, 0.29) is 13.0 Å². The molecule has 0 bridgehead atoms. The summed E-state index contributed by atoms with van der Waals surface area (Å²) in [5, 5.41) is 0. The van der Waals surface area contributed by atoms with Crippen LogP contribution in [0.15, 0.2) is 0 Å². The quantitative estimate of drug-likeness (QED) is 0.514. The molecule has 0 aromatic carbocycles. The van der Waals surface area contributed by atoms with Crippen molar-refractivity contribution >= 4 is 10.1 Å². The van der Waals surface area contributed by atoms with Crippen molar-refractivity contribution in [3.8, 4) is 0 Å². The Kier molecular flexibility index (Phi) is 2.83. The second-order valence-corrected chi connectivity index (χ2v) is 4.00. The van der Waals surface area contributed by atoms with E-state index in [4.69, 9.17) is 0 Å². The molecular weight excluding hydrogens is 213 g/mol. The third-order valence-corrected chi connectivity index (χ3v) is 2.44. The lowest BCUT2D eigenvalue weighted by molar-refractivity contribution is -0.0837. The van der Waals surface area contributed by atoms with E-state index >= 15 is 0 Å². The highest BCUT2D eigenvalue weighted by atomic mass is 32.2. The summed E-state index contributed by atoms with van der Waals surface area (Å²) in [4.78, 5) is 0. The summed E-state index contributed by atoms with van der Waals surface area (Å²) in [6.45, 7) is 0.220. The highest BCUT2D eigenvalue weighted by molar-refractivity contribution is 7.87. The molecule has 0 aromatic heterocycles. The van der Waals surface area contributed by atoms with E-state index < -0.39 is 21.9 Å². The summed E-state index contributed by atoms with van der Waals surface area (Å²) < 4.78 is 64.3. The molecule has 1 heterocycles. The fraction of sp³-hybridized carbons (Fsp3) is 1.00. The zero-order valence-corrected chi connectivity index (χ0v) is 7.19. The molecule has 78 valence electrons. The van der Waals surface area contributed by atoms with Gasteiger partial charge in [0.25, 0.3) is 0 Å². The summed E-state index contributed by atoms with van der Waals surface area (Å²) >= 11 is 0. The van der Waals surface area contributed by atoms with E-state index in [0.717, 1.165) is 0 Å². The maximum Gasteiger partial charge on any atom is 0.523 e.